The predicted molar refractivity (Wildman–Crippen MR) is 82.8 cm³/mol. The van der Waals surface area contributed by atoms with Crippen LogP contribution in [0.5, 0.6) is 0 Å². The van der Waals surface area contributed by atoms with Gasteiger partial charge in [0, 0.05) is 18.0 Å². The molecule has 0 radical (unpaired) electrons. The van der Waals surface area contributed by atoms with Crippen LogP contribution in [-0.2, 0) is 17.8 Å². The minimum Gasteiger partial charge on any atom is -0.337 e. The smallest absolute Gasteiger partial charge is 0.236 e. The summed E-state index contributed by atoms with van der Waals surface area (Å²) >= 11 is 1.82. The molecule has 2 aliphatic rings. The van der Waals surface area contributed by atoms with Crippen LogP contribution in [0, 0.1) is 11.8 Å². The maximum absolute atomic E-state index is 12.2. The number of thiophene rings is 1. The number of hydrogen-bond donors (Lipinski definition) is 1. The maximum atomic E-state index is 12.2. The number of amides is 1. The van der Waals surface area contributed by atoms with Gasteiger partial charge in [0.15, 0.2) is 0 Å². The predicted octanol–water partition coefficient (Wildman–Crippen LogP) is 2.66. The van der Waals surface area contributed by atoms with Crippen LogP contribution in [0.4, 0.5) is 0 Å². The summed E-state index contributed by atoms with van der Waals surface area (Å²) < 4.78 is 0. The molecule has 0 bridgehead atoms. The molecule has 1 fully saturated rings. The summed E-state index contributed by atoms with van der Waals surface area (Å²) in [5, 5.41) is 5.51. The van der Waals surface area contributed by atoms with Gasteiger partial charge in [-0.2, -0.15) is 0 Å². The Morgan fingerprint density at radius 1 is 1.50 bits per heavy atom. The maximum Gasteiger partial charge on any atom is 0.236 e. The van der Waals surface area contributed by atoms with Gasteiger partial charge in [0.05, 0.1) is 6.54 Å². The molecule has 4 heteroatoms. The first-order valence-electron chi connectivity index (χ1n) is 7.76. The van der Waals surface area contributed by atoms with E-state index in [9.17, 15) is 4.79 Å². The summed E-state index contributed by atoms with van der Waals surface area (Å²) in [6.45, 7) is 5.53. The summed E-state index contributed by atoms with van der Waals surface area (Å²) in [5.41, 5.74) is 1.35. The first-order chi connectivity index (χ1) is 9.72. The Morgan fingerprint density at radius 2 is 2.40 bits per heavy atom. The topological polar surface area (TPSA) is 32.3 Å². The average Bonchev–Trinajstić information content (AvgIpc) is 3.06. The number of nitrogens with one attached hydrogen (secondary N) is 1. The lowest BCUT2D eigenvalue weighted by atomic mass is 10.1. The molecule has 1 aromatic heterocycles. The summed E-state index contributed by atoms with van der Waals surface area (Å²) in [5.74, 6) is 1.91. The van der Waals surface area contributed by atoms with Crippen molar-refractivity contribution in [3.63, 3.8) is 0 Å². The molecule has 0 spiro atoms. The van der Waals surface area contributed by atoms with Crippen LogP contribution in [0.3, 0.4) is 0 Å². The molecule has 1 saturated carbocycles. The van der Waals surface area contributed by atoms with Crippen molar-refractivity contribution in [3.8, 4) is 0 Å². The van der Waals surface area contributed by atoms with E-state index in [0.29, 0.717) is 6.54 Å². The standard InChI is InChI=1S/C16H24N2OS/c1-12-2-3-13(8-12)9-17-10-16(19)18-6-4-15-14(11-18)5-7-20-15/h5,7,12-13,17H,2-4,6,8-11H2,1H3. The van der Waals surface area contributed by atoms with Crippen LogP contribution in [0.15, 0.2) is 11.4 Å². The molecule has 3 rings (SSSR count). The van der Waals surface area contributed by atoms with Gasteiger partial charge in [-0.25, -0.2) is 0 Å². The minimum absolute atomic E-state index is 0.257. The van der Waals surface area contributed by atoms with E-state index in [4.69, 9.17) is 0 Å². The minimum atomic E-state index is 0.257. The molecule has 3 nitrogen and oxygen atoms in total. The fourth-order valence-corrected chi connectivity index (χ4v) is 4.36. The second kappa shape index (κ2) is 6.27. The van der Waals surface area contributed by atoms with Crippen LogP contribution >= 0.6 is 11.3 Å². The number of fused-ring (bicyclic) bond motifs is 1. The Balaban J connectivity index is 1.41. The van der Waals surface area contributed by atoms with Gasteiger partial charge in [-0.3, -0.25) is 4.79 Å². The van der Waals surface area contributed by atoms with Crippen molar-refractivity contribution >= 4 is 17.2 Å². The first-order valence-corrected chi connectivity index (χ1v) is 8.64. The lowest BCUT2D eigenvalue weighted by Crippen LogP contribution is -2.41. The molecule has 20 heavy (non-hydrogen) atoms. The monoisotopic (exact) mass is 292 g/mol. The summed E-state index contributed by atoms with van der Waals surface area (Å²) in [7, 11) is 0. The molecule has 0 aromatic carbocycles. The number of carbonyl (C=O) groups excluding carboxylic acids is 1. The van der Waals surface area contributed by atoms with Gasteiger partial charge < -0.3 is 10.2 Å². The van der Waals surface area contributed by atoms with Crippen molar-refractivity contribution in [3.05, 3.63) is 21.9 Å². The van der Waals surface area contributed by atoms with Gasteiger partial charge in [0.1, 0.15) is 0 Å². The SMILES string of the molecule is CC1CCC(CNCC(=O)N2CCc3sccc3C2)C1. The van der Waals surface area contributed by atoms with Gasteiger partial charge in [-0.1, -0.05) is 13.3 Å². The van der Waals surface area contributed by atoms with E-state index in [1.165, 1.54) is 29.7 Å². The number of hydrogen-bond acceptors (Lipinski definition) is 3. The van der Waals surface area contributed by atoms with Crippen molar-refractivity contribution in [2.24, 2.45) is 11.8 Å². The Hall–Kier alpha value is -0.870. The van der Waals surface area contributed by atoms with Gasteiger partial charge in [-0.05, 0) is 54.7 Å². The number of nitrogens with zero attached hydrogens (tertiary/aromatic N) is 1. The molecular weight excluding hydrogens is 268 g/mol. The van der Waals surface area contributed by atoms with Gasteiger partial charge in [0.2, 0.25) is 5.91 Å². The molecule has 0 saturated heterocycles. The zero-order chi connectivity index (χ0) is 13.9. The van der Waals surface area contributed by atoms with E-state index in [1.54, 1.807) is 0 Å². The molecule has 110 valence electrons. The largest absolute Gasteiger partial charge is 0.337 e. The fourth-order valence-electron chi connectivity index (χ4n) is 3.47. The second-order valence-corrected chi connectivity index (χ2v) is 7.35. The summed E-state index contributed by atoms with van der Waals surface area (Å²) in [6.07, 6.45) is 5.03. The van der Waals surface area contributed by atoms with Crippen molar-refractivity contribution in [1.82, 2.24) is 10.2 Å². The van der Waals surface area contributed by atoms with Crippen molar-refractivity contribution in [2.45, 2.75) is 39.2 Å². The molecule has 1 amide bonds. The van der Waals surface area contributed by atoms with Crippen molar-refractivity contribution < 1.29 is 4.79 Å². The van der Waals surface area contributed by atoms with Crippen molar-refractivity contribution in [2.75, 3.05) is 19.6 Å². The molecule has 2 heterocycles. The molecule has 1 N–H and O–H groups in total. The van der Waals surface area contributed by atoms with Crippen molar-refractivity contribution in [1.29, 1.82) is 0 Å². The Labute approximate surface area is 125 Å². The third-order valence-corrected chi connectivity index (χ3v) is 5.70. The normalized spacial score (nSPS) is 25.8. The average molecular weight is 292 g/mol. The fraction of sp³-hybridized carbons (Fsp3) is 0.688. The van der Waals surface area contributed by atoms with Crippen LogP contribution in [0.1, 0.15) is 36.6 Å². The third kappa shape index (κ3) is 3.23. The molecular formula is C16H24N2OS. The lowest BCUT2D eigenvalue weighted by Gasteiger charge is -2.27. The van der Waals surface area contributed by atoms with E-state index in [1.807, 2.05) is 16.2 Å². The Bertz CT molecular complexity index is 471. The highest BCUT2D eigenvalue weighted by molar-refractivity contribution is 7.10. The van der Waals surface area contributed by atoms with Gasteiger partial charge >= 0.3 is 0 Å². The van der Waals surface area contributed by atoms with Crippen LogP contribution in [0.25, 0.3) is 0 Å². The van der Waals surface area contributed by atoms with Crippen LogP contribution in [-0.4, -0.2) is 30.4 Å². The van der Waals surface area contributed by atoms with E-state index in [2.05, 4.69) is 23.7 Å². The quantitative estimate of drug-likeness (QED) is 0.925. The second-order valence-electron chi connectivity index (χ2n) is 6.35. The van der Waals surface area contributed by atoms with Gasteiger partial charge in [0.25, 0.3) is 0 Å². The van der Waals surface area contributed by atoms with E-state index < -0.39 is 0 Å². The number of rotatable bonds is 4. The van der Waals surface area contributed by atoms with Crippen LogP contribution < -0.4 is 5.32 Å². The zero-order valence-corrected chi connectivity index (χ0v) is 13.0. The lowest BCUT2D eigenvalue weighted by molar-refractivity contribution is -0.131. The van der Waals surface area contributed by atoms with E-state index >= 15 is 0 Å². The van der Waals surface area contributed by atoms with E-state index in [-0.39, 0.29) is 5.91 Å². The van der Waals surface area contributed by atoms with E-state index in [0.717, 1.165) is 37.9 Å². The number of carbonyl (C=O) groups is 1. The highest BCUT2D eigenvalue weighted by atomic mass is 32.1. The zero-order valence-electron chi connectivity index (χ0n) is 12.2. The Kier molecular flexibility index (Phi) is 4.41. The summed E-state index contributed by atoms with van der Waals surface area (Å²) in [6, 6.07) is 2.16. The first kappa shape index (κ1) is 14.1. The molecule has 1 aliphatic heterocycles. The highest BCUT2D eigenvalue weighted by Gasteiger charge is 2.23. The molecule has 1 aliphatic carbocycles. The summed E-state index contributed by atoms with van der Waals surface area (Å²) in [4.78, 5) is 15.7. The Morgan fingerprint density at radius 3 is 3.20 bits per heavy atom. The van der Waals surface area contributed by atoms with Gasteiger partial charge in [-0.15, -0.1) is 11.3 Å². The third-order valence-electron chi connectivity index (χ3n) is 4.67. The molecule has 2 atom stereocenters. The molecule has 2 unspecified atom stereocenters. The molecule has 1 aromatic rings. The van der Waals surface area contributed by atoms with Crippen LogP contribution in [0.2, 0.25) is 0 Å². The highest BCUT2D eigenvalue weighted by Crippen LogP contribution is 2.29.